The lowest BCUT2D eigenvalue weighted by Crippen LogP contribution is -2.46. The highest BCUT2D eigenvalue weighted by Gasteiger charge is 2.30. The highest BCUT2D eigenvalue weighted by molar-refractivity contribution is 5.75. The molecule has 0 aromatic rings. The highest BCUT2D eigenvalue weighted by atomic mass is 16.3. The maximum Gasteiger partial charge on any atom is 0.231 e. The summed E-state index contributed by atoms with van der Waals surface area (Å²) in [6, 6.07) is 0. The Bertz CT molecular complexity index is 196. The minimum atomic E-state index is -0.290. The number of nitrogens with two attached hydrogens (primary N) is 1. The van der Waals surface area contributed by atoms with Crippen molar-refractivity contribution in [3.63, 3.8) is 0 Å². The van der Waals surface area contributed by atoms with Crippen molar-refractivity contribution < 1.29 is 9.90 Å². The van der Waals surface area contributed by atoms with Crippen LogP contribution in [-0.4, -0.2) is 42.2 Å². The van der Waals surface area contributed by atoms with E-state index >= 15 is 0 Å². The van der Waals surface area contributed by atoms with Gasteiger partial charge in [0, 0.05) is 18.6 Å². The molecule has 13 heavy (non-hydrogen) atoms. The normalized spacial score (nSPS) is 30.3. The number of amides is 1. The Labute approximate surface area is 78.7 Å². The van der Waals surface area contributed by atoms with Gasteiger partial charge in [0.2, 0.25) is 5.91 Å². The topological polar surface area (TPSA) is 66.6 Å². The molecule has 1 rings (SSSR count). The van der Waals surface area contributed by atoms with Crippen molar-refractivity contribution >= 4 is 5.91 Å². The van der Waals surface area contributed by atoms with Crippen molar-refractivity contribution in [3.8, 4) is 0 Å². The average molecular weight is 186 g/mol. The maximum atomic E-state index is 10.7. The number of carbonyl (C=O) groups excluding carboxylic acids is 1. The molecule has 0 radical (unpaired) electrons. The molecule has 0 aliphatic carbocycles. The van der Waals surface area contributed by atoms with E-state index in [4.69, 9.17) is 10.8 Å². The van der Waals surface area contributed by atoms with Crippen molar-refractivity contribution in [2.45, 2.75) is 19.8 Å². The molecule has 1 heterocycles. The summed E-state index contributed by atoms with van der Waals surface area (Å²) in [7, 11) is 0. The lowest BCUT2D eigenvalue weighted by molar-refractivity contribution is -0.120. The zero-order valence-electron chi connectivity index (χ0n) is 8.12. The number of aliphatic hydroxyl groups excluding tert-OH is 1. The van der Waals surface area contributed by atoms with E-state index in [1.54, 1.807) is 0 Å². The third kappa shape index (κ3) is 2.97. The Kier molecular flexibility index (Phi) is 3.27. The van der Waals surface area contributed by atoms with Crippen LogP contribution in [0.5, 0.6) is 0 Å². The predicted octanol–water partition coefficient (Wildman–Crippen LogP) is -0.434. The molecule has 0 aromatic carbocycles. The summed E-state index contributed by atoms with van der Waals surface area (Å²) < 4.78 is 0. The van der Waals surface area contributed by atoms with E-state index in [2.05, 4.69) is 0 Å². The molecule has 1 fully saturated rings. The molecule has 1 unspecified atom stereocenters. The van der Waals surface area contributed by atoms with Crippen molar-refractivity contribution in [1.29, 1.82) is 0 Å². The molecular formula is C9H18N2O2. The van der Waals surface area contributed by atoms with Gasteiger partial charge in [-0.2, -0.15) is 0 Å². The smallest absolute Gasteiger partial charge is 0.231 e. The fourth-order valence-electron chi connectivity index (χ4n) is 1.91. The molecule has 4 nitrogen and oxygen atoms in total. The minimum Gasteiger partial charge on any atom is -0.396 e. The Morgan fingerprint density at radius 1 is 1.69 bits per heavy atom. The highest BCUT2D eigenvalue weighted by Crippen LogP contribution is 2.28. The van der Waals surface area contributed by atoms with Gasteiger partial charge in [0.15, 0.2) is 0 Å². The van der Waals surface area contributed by atoms with Gasteiger partial charge in [-0.25, -0.2) is 0 Å². The van der Waals surface area contributed by atoms with Gasteiger partial charge in [-0.1, -0.05) is 6.92 Å². The van der Waals surface area contributed by atoms with Gasteiger partial charge in [-0.05, 0) is 19.4 Å². The number of hydrogen-bond acceptors (Lipinski definition) is 3. The first-order valence-electron chi connectivity index (χ1n) is 4.67. The van der Waals surface area contributed by atoms with Gasteiger partial charge < -0.3 is 10.8 Å². The summed E-state index contributed by atoms with van der Waals surface area (Å²) in [5.41, 5.74) is 5.06. The molecular weight excluding hydrogens is 168 g/mol. The van der Waals surface area contributed by atoms with Crippen molar-refractivity contribution in [2.75, 3.05) is 26.2 Å². The number of likely N-dealkylation sites (tertiary alicyclic amines) is 1. The maximum absolute atomic E-state index is 10.7. The van der Waals surface area contributed by atoms with Gasteiger partial charge in [-0.3, -0.25) is 9.69 Å². The van der Waals surface area contributed by atoms with Gasteiger partial charge in [0.05, 0.1) is 6.54 Å². The third-order valence-corrected chi connectivity index (χ3v) is 2.62. The zero-order chi connectivity index (χ0) is 9.90. The van der Waals surface area contributed by atoms with E-state index in [1.165, 1.54) is 0 Å². The largest absolute Gasteiger partial charge is 0.396 e. The SMILES string of the molecule is CC1(CO)CCCN(CC(N)=O)C1. The van der Waals surface area contributed by atoms with Crippen LogP contribution in [0.2, 0.25) is 0 Å². The first kappa shape index (κ1) is 10.5. The zero-order valence-corrected chi connectivity index (χ0v) is 8.12. The molecule has 4 heteroatoms. The summed E-state index contributed by atoms with van der Waals surface area (Å²) >= 11 is 0. The molecule has 0 bridgehead atoms. The number of rotatable bonds is 3. The van der Waals surface area contributed by atoms with Crippen LogP contribution in [0.25, 0.3) is 0 Å². The molecule has 3 N–H and O–H groups in total. The van der Waals surface area contributed by atoms with Gasteiger partial charge in [0.25, 0.3) is 0 Å². The molecule has 1 atom stereocenters. The number of primary amides is 1. The monoisotopic (exact) mass is 186 g/mol. The number of piperidine rings is 1. The summed E-state index contributed by atoms with van der Waals surface area (Å²) in [6.45, 7) is 4.23. The summed E-state index contributed by atoms with van der Waals surface area (Å²) in [5.74, 6) is -0.290. The Hall–Kier alpha value is -0.610. The summed E-state index contributed by atoms with van der Waals surface area (Å²) in [6.07, 6.45) is 2.06. The average Bonchev–Trinajstić information content (AvgIpc) is 2.03. The molecule has 0 saturated carbocycles. The van der Waals surface area contributed by atoms with E-state index in [1.807, 2.05) is 11.8 Å². The number of nitrogens with zero attached hydrogens (tertiary/aromatic N) is 1. The molecule has 1 aliphatic heterocycles. The van der Waals surface area contributed by atoms with Crippen molar-refractivity contribution in [3.05, 3.63) is 0 Å². The first-order valence-corrected chi connectivity index (χ1v) is 4.67. The van der Waals surface area contributed by atoms with Crippen LogP contribution < -0.4 is 5.73 Å². The van der Waals surface area contributed by atoms with Crippen LogP contribution in [0.3, 0.4) is 0 Å². The van der Waals surface area contributed by atoms with E-state index in [9.17, 15) is 4.79 Å². The van der Waals surface area contributed by atoms with Crippen LogP contribution in [0.15, 0.2) is 0 Å². The van der Waals surface area contributed by atoms with Crippen molar-refractivity contribution in [2.24, 2.45) is 11.1 Å². The Morgan fingerprint density at radius 2 is 2.38 bits per heavy atom. The van der Waals surface area contributed by atoms with Crippen LogP contribution >= 0.6 is 0 Å². The molecule has 0 spiro atoms. The lowest BCUT2D eigenvalue weighted by atomic mass is 9.83. The van der Waals surface area contributed by atoms with Crippen LogP contribution in [0, 0.1) is 5.41 Å². The molecule has 1 saturated heterocycles. The number of carbonyl (C=O) groups is 1. The summed E-state index contributed by atoms with van der Waals surface area (Å²) in [4.78, 5) is 12.7. The van der Waals surface area contributed by atoms with Crippen molar-refractivity contribution in [1.82, 2.24) is 4.90 Å². The van der Waals surface area contributed by atoms with Gasteiger partial charge in [0.1, 0.15) is 0 Å². The fourth-order valence-corrected chi connectivity index (χ4v) is 1.91. The third-order valence-electron chi connectivity index (χ3n) is 2.62. The standard InChI is InChI=1S/C9H18N2O2/c1-9(7-12)3-2-4-11(6-9)5-8(10)13/h12H,2-7H2,1H3,(H2,10,13). The van der Waals surface area contributed by atoms with Crippen LogP contribution in [0.1, 0.15) is 19.8 Å². The second-order valence-electron chi connectivity index (χ2n) is 4.25. The molecule has 1 amide bonds. The minimum absolute atomic E-state index is 0.0479. The number of hydrogen-bond donors (Lipinski definition) is 2. The van der Waals surface area contributed by atoms with Crippen LogP contribution in [-0.2, 0) is 4.79 Å². The second-order valence-corrected chi connectivity index (χ2v) is 4.25. The van der Waals surface area contributed by atoms with E-state index in [0.717, 1.165) is 25.9 Å². The Balaban J connectivity index is 2.46. The summed E-state index contributed by atoms with van der Waals surface area (Å²) in [5, 5.41) is 9.16. The fraction of sp³-hybridized carbons (Fsp3) is 0.889. The van der Waals surface area contributed by atoms with E-state index in [0.29, 0.717) is 6.54 Å². The molecule has 76 valence electrons. The van der Waals surface area contributed by atoms with E-state index < -0.39 is 0 Å². The lowest BCUT2D eigenvalue weighted by Gasteiger charge is -2.38. The number of aliphatic hydroxyl groups is 1. The first-order chi connectivity index (χ1) is 6.06. The van der Waals surface area contributed by atoms with E-state index in [-0.39, 0.29) is 17.9 Å². The van der Waals surface area contributed by atoms with Crippen LogP contribution in [0.4, 0.5) is 0 Å². The second kappa shape index (κ2) is 4.07. The van der Waals surface area contributed by atoms with Gasteiger partial charge >= 0.3 is 0 Å². The van der Waals surface area contributed by atoms with Gasteiger partial charge in [-0.15, -0.1) is 0 Å². The Morgan fingerprint density at radius 3 is 2.92 bits per heavy atom. The predicted molar refractivity (Wildman–Crippen MR) is 50.1 cm³/mol. The molecule has 0 aromatic heterocycles. The quantitative estimate of drug-likeness (QED) is 0.628. The molecule has 1 aliphatic rings.